The lowest BCUT2D eigenvalue weighted by Gasteiger charge is -2.25. The number of pyridine rings is 1. The van der Waals surface area contributed by atoms with Gasteiger partial charge in [0.2, 0.25) is 0 Å². The van der Waals surface area contributed by atoms with Gasteiger partial charge in [0.1, 0.15) is 19.8 Å². The van der Waals surface area contributed by atoms with E-state index in [2.05, 4.69) is 16.0 Å². The van der Waals surface area contributed by atoms with Crippen molar-refractivity contribution in [3.63, 3.8) is 0 Å². The summed E-state index contributed by atoms with van der Waals surface area (Å²) in [6.07, 6.45) is 3.99. The summed E-state index contributed by atoms with van der Waals surface area (Å²) in [7, 11) is 8.03. The van der Waals surface area contributed by atoms with Crippen molar-refractivity contribution >= 4 is 41.6 Å². The van der Waals surface area contributed by atoms with Crippen molar-refractivity contribution in [3.8, 4) is 0 Å². The van der Waals surface area contributed by atoms with Crippen LogP contribution in [0.1, 0.15) is 22.8 Å². The minimum Gasteiger partial charge on any atom is -0.389 e. The van der Waals surface area contributed by atoms with Crippen LogP contribution in [0, 0.1) is 0 Å². The molecule has 1 aliphatic heterocycles. The number of aliphatic hydroxyl groups excluding tert-OH is 1. The van der Waals surface area contributed by atoms with E-state index in [4.69, 9.17) is 29.2 Å². The Bertz CT molecular complexity index is 1260. The maximum atomic E-state index is 10.6. The summed E-state index contributed by atoms with van der Waals surface area (Å²) in [5.41, 5.74) is 4.32. The van der Waals surface area contributed by atoms with Gasteiger partial charge in [0.05, 0.1) is 36.1 Å². The van der Waals surface area contributed by atoms with Crippen LogP contribution < -0.4 is 10.4 Å². The number of benzene rings is 2. The molecule has 2 aromatic heterocycles. The van der Waals surface area contributed by atoms with Crippen molar-refractivity contribution in [1.82, 2.24) is 14.5 Å². The van der Waals surface area contributed by atoms with Gasteiger partial charge in [0, 0.05) is 36.9 Å². The lowest BCUT2D eigenvalue weighted by atomic mass is 9.93. The molecule has 0 aliphatic carbocycles. The molecule has 6 nitrogen and oxygen atoms in total. The normalized spacial score (nSPS) is 16.5. The molecule has 160 valence electrons. The Labute approximate surface area is 192 Å². The number of halogens is 1. The first-order valence-corrected chi connectivity index (χ1v) is 10.8. The average Bonchev–Trinajstić information content (AvgIpc) is 3.25. The van der Waals surface area contributed by atoms with Gasteiger partial charge in [0.25, 0.3) is 0 Å². The summed E-state index contributed by atoms with van der Waals surface area (Å²) in [6.45, 7) is 1.19. The monoisotopic (exact) mass is 444 g/mol. The fourth-order valence-electron chi connectivity index (χ4n) is 4.26. The largest absolute Gasteiger partial charge is 0.389 e. The third-order valence-corrected chi connectivity index (χ3v) is 6.17. The van der Waals surface area contributed by atoms with Gasteiger partial charge in [-0.1, -0.05) is 53.5 Å². The summed E-state index contributed by atoms with van der Waals surface area (Å²) in [4.78, 5) is 11.0. The van der Waals surface area contributed by atoms with Gasteiger partial charge < -0.3 is 19.3 Å². The van der Waals surface area contributed by atoms with E-state index in [1.165, 1.54) is 0 Å². The summed E-state index contributed by atoms with van der Waals surface area (Å²) in [5, 5.41) is 11.9. The zero-order valence-electron chi connectivity index (χ0n) is 17.6. The number of fused-ring (bicyclic) bond motifs is 3. The van der Waals surface area contributed by atoms with Gasteiger partial charge in [-0.2, -0.15) is 0 Å². The van der Waals surface area contributed by atoms with Crippen LogP contribution in [0.25, 0.3) is 10.9 Å². The first-order valence-electron chi connectivity index (χ1n) is 10.4. The zero-order valence-corrected chi connectivity index (χ0v) is 18.4. The molecule has 5 rings (SSSR count). The maximum Gasteiger partial charge on any atom is 0.137 e. The van der Waals surface area contributed by atoms with E-state index in [0.717, 1.165) is 33.4 Å². The molecule has 0 saturated carbocycles. The van der Waals surface area contributed by atoms with E-state index < -0.39 is 12.2 Å². The van der Waals surface area contributed by atoms with E-state index >= 15 is 0 Å². The fraction of sp³-hybridized carbons (Fsp3) is 0.250. The smallest absolute Gasteiger partial charge is 0.137 e. The van der Waals surface area contributed by atoms with Crippen LogP contribution in [0.2, 0.25) is 5.02 Å². The Morgan fingerprint density at radius 2 is 2.12 bits per heavy atom. The first-order chi connectivity index (χ1) is 15.5. The van der Waals surface area contributed by atoms with Gasteiger partial charge in [-0.05, 0) is 17.2 Å². The van der Waals surface area contributed by atoms with Crippen LogP contribution in [0.15, 0.2) is 61.2 Å². The molecule has 2 unspecified atom stereocenters. The molecule has 1 aliphatic rings. The molecule has 2 radical (unpaired) electrons. The van der Waals surface area contributed by atoms with Crippen molar-refractivity contribution in [2.75, 3.05) is 18.6 Å². The van der Waals surface area contributed by atoms with Crippen molar-refractivity contribution in [2.45, 2.75) is 25.3 Å². The number of aromatic nitrogens is 3. The molecule has 0 spiro atoms. The third-order valence-electron chi connectivity index (χ3n) is 5.77. The number of hydrogen-bond acceptors (Lipinski definition) is 5. The van der Waals surface area contributed by atoms with Crippen molar-refractivity contribution in [3.05, 3.63) is 82.9 Å². The second-order valence-corrected chi connectivity index (χ2v) is 8.50. The zero-order chi connectivity index (χ0) is 22.2. The van der Waals surface area contributed by atoms with Crippen LogP contribution in [-0.4, -0.2) is 47.2 Å². The number of imidazole rings is 1. The highest BCUT2D eigenvalue weighted by Gasteiger charge is 2.31. The van der Waals surface area contributed by atoms with E-state index in [1.807, 2.05) is 54.2 Å². The molecule has 0 amide bonds. The number of rotatable bonds is 5. The number of anilines is 1. The molecular formula is C24H22BClN4O2. The second kappa shape index (κ2) is 8.58. The molecule has 2 atom stereocenters. The van der Waals surface area contributed by atoms with Crippen LogP contribution in [0.5, 0.6) is 0 Å². The van der Waals surface area contributed by atoms with E-state index in [-0.39, 0.29) is 6.61 Å². The Morgan fingerprint density at radius 3 is 2.94 bits per heavy atom. The van der Waals surface area contributed by atoms with Crippen molar-refractivity contribution < 1.29 is 9.84 Å². The quantitative estimate of drug-likeness (QED) is 0.480. The highest BCUT2D eigenvalue weighted by molar-refractivity contribution is 6.38. The standard InChI is InChI=1S/C24H22BClN4O2/c1-29-11-15-4-2-3-5-18(15)23(32-13-17(31)12-30-9-8-27-14-30)21-22(26)19-10-16(25)6-7-20(19)28-24(21)29/h2-10,14,17,23,31H,11-13H2,1H3. The van der Waals surface area contributed by atoms with Gasteiger partial charge in [-0.15, -0.1) is 0 Å². The van der Waals surface area contributed by atoms with E-state index in [9.17, 15) is 5.11 Å². The number of nitrogens with zero attached hydrogens (tertiary/aromatic N) is 4. The molecule has 0 fully saturated rings. The van der Waals surface area contributed by atoms with E-state index in [0.29, 0.717) is 23.6 Å². The first kappa shape index (κ1) is 21.0. The molecule has 0 bridgehead atoms. The minimum atomic E-state index is -0.705. The molecule has 3 heterocycles. The van der Waals surface area contributed by atoms with Crippen molar-refractivity contribution in [1.29, 1.82) is 0 Å². The molecule has 0 saturated heterocycles. The topological polar surface area (TPSA) is 63.4 Å². The number of aliphatic hydroxyl groups is 1. The predicted molar refractivity (Wildman–Crippen MR) is 127 cm³/mol. The minimum absolute atomic E-state index is 0.131. The maximum absolute atomic E-state index is 10.6. The lowest BCUT2D eigenvalue weighted by Crippen LogP contribution is -2.23. The van der Waals surface area contributed by atoms with Crippen LogP contribution in [0.4, 0.5) is 5.82 Å². The molecule has 1 N–H and O–H groups in total. The second-order valence-electron chi connectivity index (χ2n) is 8.12. The number of ether oxygens (including phenoxy) is 1. The molecule has 32 heavy (non-hydrogen) atoms. The van der Waals surface area contributed by atoms with Crippen LogP contribution >= 0.6 is 11.6 Å². The SMILES string of the molecule is [B]c1ccc2nc3c(c(Cl)c2c1)C(OCC(O)Cn1ccnc1)c1ccccc1CN3C. The summed E-state index contributed by atoms with van der Waals surface area (Å²) in [5.74, 6) is 0.762. The molecule has 4 aromatic rings. The average molecular weight is 445 g/mol. The summed E-state index contributed by atoms with van der Waals surface area (Å²) >= 11 is 6.98. The van der Waals surface area contributed by atoms with Crippen LogP contribution in [0.3, 0.4) is 0 Å². The Hall–Kier alpha value is -2.87. The molecule has 8 heteroatoms. The van der Waals surface area contributed by atoms with Gasteiger partial charge in [-0.25, -0.2) is 9.97 Å². The predicted octanol–water partition coefficient (Wildman–Crippen LogP) is 3.00. The summed E-state index contributed by atoms with van der Waals surface area (Å²) in [6, 6.07) is 13.7. The van der Waals surface area contributed by atoms with Gasteiger partial charge in [0.15, 0.2) is 0 Å². The third kappa shape index (κ3) is 3.88. The van der Waals surface area contributed by atoms with Crippen molar-refractivity contribution in [2.24, 2.45) is 0 Å². The lowest BCUT2D eigenvalue weighted by molar-refractivity contribution is -0.000410. The Morgan fingerprint density at radius 1 is 1.28 bits per heavy atom. The summed E-state index contributed by atoms with van der Waals surface area (Å²) < 4.78 is 8.19. The molecular weight excluding hydrogens is 423 g/mol. The van der Waals surface area contributed by atoms with Gasteiger partial charge in [-0.3, -0.25) is 0 Å². The van der Waals surface area contributed by atoms with Crippen LogP contribution in [-0.2, 0) is 17.8 Å². The Balaban J connectivity index is 1.59. The van der Waals surface area contributed by atoms with E-state index in [1.54, 1.807) is 12.5 Å². The number of hydrogen-bond donors (Lipinski definition) is 1. The molecule has 2 aromatic carbocycles. The Kier molecular flexibility index (Phi) is 5.63. The highest BCUT2D eigenvalue weighted by atomic mass is 35.5. The van der Waals surface area contributed by atoms with Gasteiger partial charge >= 0.3 is 0 Å². The highest BCUT2D eigenvalue weighted by Crippen LogP contribution is 2.44. The fourth-order valence-corrected chi connectivity index (χ4v) is 4.59.